The maximum atomic E-state index is 12.0. The average Bonchev–Trinajstić information content (AvgIpc) is 2.51. The number of nitro groups is 1. The molecule has 0 bridgehead atoms. The lowest BCUT2D eigenvalue weighted by Crippen LogP contribution is -2.30. The molecule has 2 amide bonds. The molecule has 120 valence electrons. The number of nitriles is 1. The molecule has 0 heterocycles. The number of hydrogen-bond acceptors (Lipinski definition) is 6. The van der Waals surface area contributed by atoms with E-state index < -0.39 is 10.8 Å². The number of carbonyl (C=O) groups is 2. The second-order valence-electron chi connectivity index (χ2n) is 4.42. The molecule has 0 fully saturated rings. The number of hydrogen-bond donors (Lipinski definition) is 2. The van der Waals surface area contributed by atoms with Crippen molar-refractivity contribution >= 4 is 23.2 Å². The number of benzene rings is 1. The van der Waals surface area contributed by atoms with E-state index in [4.69, 9.17) is 11.0 Å². The fourth-order valence-electron chi connectivity index (χ4n) is 1.64. The predicted molar refractivity (Wildman–Crippen MR) is 81.9 cm³/mol. The molecule has 1 rings (SSSR count). The number of amides is 2. The van der Waals surface area contributed by atoms with Gasteiger partial charge >= 0.3 is 0 Å². The van der Waals surface area contributed by atoms with Crippen LogP contribution in [-0.4, -0.2) is 34.7 Å². The zero-order valence-corrected chi connectivity index (χ0v) is 12.4. The van der Waals surface area contributed by atoms with Crippen molar-refractivity contribution in [2.45, 2.75) is 6.92 Å². The molecule has 0 spiro atoms. The Morgan fingerprint density at radius 3 is 2.74 bits per heavy atom. The van der Waals surface area contributed by atoms with Crippen LogP contribution in [0, 0.1) is 21.4 Å². The molecule has 0 atom stereocenters. The quantitative estimate of drug-likeness (QED) is 0.343. The first-order chi connectivity index (χ1) is 10.9. The lowest BCUT2D eigenvalue weighted by molar-refractivity contribution is -0.384. The third kappa shape index (κ3) is 5.22. The first-order valence-electron chi connectivity index (χ1n) is 6.54. The average molecular weight is 317 g/mol. The summed E-state index contributed by atoms with van der Waals surface area (Å²) < 4.78 is 0. The van der Waals surface area contributed by atoms with Gasteiger partial charge in [-0.3, -0.25) is 19.7 Å². The lowest BCUT2D eigenvalue weighted by Gasteiger charge is -2.15. The Labute approximate surface area is 132 Å². The molecule has 0 radical (unpaired) electrons. The van der Waals surface area contributed by atoms with Crippen LogP contribution >= 0.6 is 0 Å². The number of carbonyl (C=O) groups excluding carboxylic acids is 2. The van der Waals surface area contributed by atoms with Gasteiger partial charge in [-0.15, -0.1) is 0 Å². The summed E-state index contributed by atoms with van der Waals surface area (Å²) in [7, 11) is 0. The normalized spacial score (nSPS) is 10.6. The van der Waals surface area contributed by atoms with Crippen LogP contribution in [-0.2, 0) is 9.59 Å². The van der Waals surface area contributed by atoms with Gasteiger partial charge in [0.25, 0.3) is 11.6 Å². The number of rotatable bonds is 6. The molecule has 0 aliphatic carbocycles. The summed E-state index contributed by atoms with van der Waals surface area (Å²) >= 11 is 0. The summed E-state index contributed by atoms with van der Waals surface area (Å²) in [5.74, 6) is -1.15. The van der Waals surface area contributed by atoms with Crippen LogP contribution in [0.15, 0.2) is 36.0 Å². The molecule has 0 unspecified atom stereocenters. The first kappa shape index (κ1) is 17.8. The van der Waals surface area contributed by atoms with Crippen LogP contribution in [0.3, 0.4) is 0 Å². The Morgan fingerprint density at radius 1 is 1.52 bits per heavy atom. The van der Waals surface area contributed by atoms with Crippen molar-refractivity contribution in [1.29, 1.82) is 5.26 Å². The molecule has 1 aromatic rings. The first-order valence-corrected chi connectivity index (χ1v) is 6.54. The molecule has 23 heavy (non-hydrogen) atoms. The maximum absolute atomic E-state index is 12.0. The summed E-state index contributed by atoms with van der Waals surface area (Å²) in [6, 6.07) is 6.97. The van der Waals surface area contributed by atoms with Crippen LogP contribution in [0.1, 0.15) is 6.92 Å². The second kappa shape index (κ2) is 8.26. The van der Waals surface area contributed by atoms with Gasteiger partial charge in [0.2, 0.25) is 5.91 Å². The summed E-state index contributed by atoms with van der Waals surface area (Å²) in [5, 5.41) is 22.1. The van der Waals surface area contributed by atoms with E-state index >= 15 is 0 Å². The fraction of sp³-hybridized carbons (Fsp3) is 0.214. The molecular weight excluding hydrogens is 302 g/mol. The molecule has 9 nitrogen and oxygen atoms in total. The SMILES string of the molecule is CC(=O)N(/C=C(/C#N)C(=O)Nc1cccc([N+](=O)[O-])c1)CCN. The Bertz CT molecular complexity index is 693. The van der Waals surface area contributed by atoms with E-state index in [2.05, 4.69) is 5.32 Å². The van der Waals surface area contributed by atoms with Gasteiger partial charge in [-0.2, -0.15) is 5.26 Å². The van der Waals surface area contributed by atoms with Crippen molar-refractivity contribution in [2.24, 2.45) is 5.73 Å². The number of nitrogens with one attached hydrogen (secondary N) is 1. The largest absolute Gasteiger partial charge is 0.329 e. The van der Waals surface area contributed by atoms with Crippen molar-refractivity contribution in [3.8, 4) is 6.07 Å². The summed E-state index contributed by atoms with van der Waals surface area (Å²) in [6.45, 7) is 1.60. The minimum atomic E-state index is -0.781. The minimum absolute atomic E-state index is 0.157. The van der Waals surface area contributed by atoms with Crippen LogP contribution < -0.4 is 11.1 Å². The van der Waals surface area contributed by atoms with E-state index in [0.717, 1.165) is 17.2 Å². The van der Waals surface area contributed by atoms with Gasteiger partial charge in [0.05, 0.1) is 4.92 Å². The number of non-ortho nitro benzene ring substituents is 1. The zero-order chi connectivity index (χ0) is 17.4. The Hall–Kier alpha value is -3.25. The van der Waals surface area contributed by atoms with E-state index in [1.54, 1.807) is 6.07 Å². The van der Waals surface area contributed by atoms with Crippen molar-refractivity contribution in [2.75, 3.05) is 18.4 Å². The van der Waals surface area contributed by atoms with Gasteiger partial charge in [-0.25, -0.2) is 0 Å². The minimum Gasteiger partial charge on any atom is -0.329 e. The monoisotopic (exact) mass is 317 g/mol. The molecular formula is C14H15N5O4. The Kier molecular flexibility index (Phi) is 6.39. The highest BCUT2D eigenvalue weighted by atomic mass is 16.6. The number of nitro benzene ring substituents is 1. The van der Waals surface area contributed by atoms with Gasteiger partial charge in [0.15, 0.2) is 0 Å². The number of nitrogens with two attached hydrogens (primary N) is 1. The summed E-state index contributed by atoms with van der Waals surface area (Å²) in [5.41, 5.74) is 5.01. The smallest absolute Gasteiger partial charge is 0.271 e. The zero-order valence-electron chi connectivity index (χ0n) is 12.4. The molecule has 3 N–H and O–H groups in total. The van der Waals surface area contributed by atoms with Crippen LogP contribution in [0.2, 0.25) is 0 Å². The highest BCUT2D eigenvalue weighted by Gasteiger charge is 2.14. The third-order valence-electron chi connectivity index (χ3n) is 2.74. The molecule has 0 aliphatic rings. The number of nitrogens with zero attached hydrogens (tertiary/aromatic N) is 3. The van der Waals surface area contributed by atoms with E-state index in [1.807, 2.05) is 0 Å². The van der Waals surface area contributed by atoms with Crippen molar-refractivity contribution in [3.63, 3.8) is 0 Å². The molecule has 0 aliphatic heterocycles. The Balaban J connectivity index is 2.97. The highest BCUT2D eigenvalue weighted by molar-refractivity contribution is 6.06. The lowest BCUT2D eigenvalue weighted by atomic mass is 10.2. The summed E-state index contributed by atoms with van der Waals surface area (Å²) in [6.07, 6.45) is 1.10. The van der Waals surface area contributed by atoms with Crippen LogP contribution in [0.5, 0.6) is 0 Å². The predicted octanol–water partition coefficient (Wildman–Crippen LogP) is 0.748. The van der Waals surface area contributed by atoms with Gasteiger partial charge < -0.3 is 16.0 Å². The van der Waals surface area contributed by atoms with Gasteiger partial charge in [0, 0.05) is 44.0 Å². The highest BCUT2D eigenvalue weighted by Crippen LogP contribution is 2.17. The van der Waals surface area contributed by atoms with Gasteiger partial charge in [-0.05, 0) is 6.07 Å². The van der Waals surface area contributed by atoms with Crippen LogP contribution in [0.4, 0.5) is 11.4 Å². The van der Waals surface area contributed by atoms with Gasteiger partial charge in [-0.1, -0.05) is 6.07 Å². The Morgan fingerprint density at radius 2 is 2.22 bits per heavy atom. The van der Waals surface area contributed by atoms with E-state index in [9.17, 15) is 19.7 Å². The standard InChI is InChI=1S/C14H15N5O4/c1-10(20)18(6-5-15)9-11(8-16)14(21)17-12-3-2-4-13(7-12)19(22)23/h2-4,7,9H,5-6,15H2,1H3,(H,17,21)/b11-9-. The van der Waals surface area contributed by atoms with Crippen molar-refractivity contribution in [3.05, 3.63) is 46.2 Å². The third-order valence-corrected chi connectivity index (χ3v) is 2.74. The van der Waals surface area contributed by atoms with E-state index in [1.165, 1.54) is 25.1 Å². The maximum Gasteiger partial charge on any atom is 0.271 e. The van der Waals surface area contributed by atoms with Crippen LogP contribution in [0.25, 0.3) is 0 Å². The summed E-state index contributed by atoms with van der Waals surface area (Å²) in [4.78, 5) is 34.7. The van der Waals surface area contributed by atoms with Crippen molar-refractivity contribution < 1.29 is 14.5 Å². The second-order valence-corrected chi connectivity index (χ2v) is 4.42. The molecule has 9 heteroatoms. The van der Waals surface area contributed by atoms with Crippen molar-refractivity contribution in [1.82, 2.24) is 4.90 Å². The molecule has 0 saturated heterocycles. The van der Waals surface area contributed by atoms with E-state index in [-0.39, 0.29) is 35.9 Å². The fourth-order valence-corrected chi connectivity index (χ4v) is 1.64. The molecule has 0 aromatic heterocycles. The van der Waals surface area contributed by atoms with E-state index in [0.29, 0.717) is 0 Å². The molecule has 1 aromatic carbocycles. The molecule has 0 saturated carbocycles. The topological polar surface area (TPSA) is 142 Å². The number of anilines is 1. The van der Waals surface area contributed by atoms with Gasteiger partial charge in [0.1, 0.15) is 11.6 Å².